The minimum atomic E-state index is 0.00463. The second kappa shape index (κ2) is 22.9. The van der Waals surface area contributed by atoms with Crippen LogP contribution in [0.5, 0.6) is 0 Å². The Bertz CT molecular complexity index is 83.7. The van der Waals surface area contributed by atoms with E-state index in [1.807, 2.05) is 27.7 Å². The molecule has 1 aliphatic heterocycles. The number of nitrogens with one attached hydrogen (secondary N) is 2. The van der Waals surface area contributed by atoms with Gasteiger partial charge in [0.15, 0.2) is 0 Å². The lowest BCUT2D eigenvalue weighted by Gasteiger charge is -1.80. The van der Waals surface area contributed by atoms with Crippen LogP contribution >= 0.6 is 0 Å². The zero-order valence-electron chi connectivity index (χ0n) is 10.7. The summed E-state index contributed by atoms with van der Waals surface area (Å²) < 4.78 is 0. The van der Waals surface area contributed by atoms with Crippen LogP contribution in [0, 0.1) is 0 Å². The third-order valence-electron chi connectivity index (χ3n) is 1.31. The number of carbonyl (C=O) groups is 1. The molecule has 2 N–H and O–H groups in total. The van der Waals surface area contributed by atoms with Crippen molar-refractivity contribution < 1.29 is 4.79 Å². The Morgan fingerprint density at radius 3 is 1.43 bits per heavy atom. The summed E-state index contributed by atoms with van der Waals surface area (Å²) in [6.07, 6.45) is 2.78. The van der Waals surface area contributed by atoms with Gasteiger partial charge in [0.2, 0.25) is 5.91 Å². The van der Waals surface area contributed by atoms with E-state index in [1.54, 1.807) is 7.05 Å². The van der Waals surface area contributed by atoms with Gasteiger partial charge >= 0.3 is 0 Å². The van der Waals surface area contributed by atoms with Crippen LogP contribution in [-0.2, 0) is 4.79 Å². The fourth-order valence-electron chi connectivity index (χ4n) is 0.625. The van der Waals surface area contributed by atoms with Gasteiger partial charge in [-0.25, -0.2) is 0 Å². The van der Waals surface area contributed by atoms with Crippen LogP contribution in [0.25, 0.3) is 0 Å². The molecule has 0 spiro atoms. The molecule has 0 saturated carbocycles. The Morgan fingerprint density at radius 2 is 1.36 bits per heavy atom. The average molecular weight is 204 g/mol. The van der Waals surface area contributed by atoms with E-state index in [9.17, 15) is 4.79 Å². The average Bonchev–Trinajstić information content (AvgIpc) is 2.82. The molecule has 0 radical (unpaired) electrons. The summed E-state index contributed by atoms with van der Waals surface area (Å²) in [6.45, 7) is 12.0. The first-order valence-corrected chi connectivity index (χ1v) is 5.66. The molecule has 0 aromatic carbocycles. The van der Waals surface area contributed by atoms with E-state index in [4.69, 9.17) is 0 Å². The summed E-state index contributed by atoms with van der Waals surface area (Å²) in [5, 5.41) is 5.61. The van der Waals surface area contributed by atoms with E-state index in [0.717, 1.165) is 0 Å². The van der Waals surface area contributed by atoms with Crippen molar-refractivity contribution in [1.29, 1.82) is 0 Å². The molecular formula is C11H28N2O. The lowest BCUT2D eigenvalue weighted by atomic mass is 10.4. The van der Waals surface area contributed by atoms with Gasteiger partial charge in [0.25, 0.3) is 0 Å². The highest BCUT2D eigenvalue weighted by Crippen LogP contribution is 1.90. The fourth-order valence-corrected chi connectivity index (χ4v) is 0.625. The van der Waals surface area contributed by atoms with Crippen molar-refractivity contribution in [2.24, 2.45) is 0 Å². The number of hydrogen-bond acceptors (Lipinski definition) is 2. The van der Waals surface area contributed by atoms with E-state index in [2.05, 4.69) is 10.6 Å². The molecule has 0 bridgehead atoms. The van der Waals surface area contributed by atoms with Crippen molar-refractivity contribution in [2.45, 2.75) is 47.5 Å². The van der Waals surface area contributed by atoms with Crippen LogP contribution in [0.4, 0.5) is 0 Å². The van der Waals surface area contributed by atoms with Gasteiger partial charge in [-0.1, -0.05) is 27.7 Å². The predicted octanol–water partition coefficient (Wildman–Crippen LogP) is 2.17. The van der Waals surface area contributed by atoms with Crippen molar-refractivity contribution in [2.75, 3.05) is 20.1 Å². The fraction of sp³-hybridized carbons (Fsp3) is 0.909. The maximum atomic E-state index is 9.70. The van der Waals surface area contributed by atoms with Crippen molar-refractivity contribution >= 4 is 5.91 Å². The largest absolute Gasteiger partial charge is 0.359 e. The molecule has 1 heterocycles. The first-order chi connectivity index (χ1) is 6.77. The molecule has 1 saturated heterocycles. The van der Waals surface area contributed by atoms with Crippen LogP contribution in [0.2, 0.25) is 0 Å². The SMILES string of the molecule is C1CCNC1.CC.CC.CNC(C)=O. The third kappa shape index (κ3) is 30.1. The van der Waals surface area contributed by atoms with Crippen molar-refractivity contribution in [3.8, 4) is 0 Å². The highest BCUT2D eigenvalue weighted by Gasteiger charge is 1.93. The van der Waals surface area contributed by atoms with E-state index < -0.39 is 0 Å². The maximum Gasteiger partial charge on any atom is 0.216 e. The van der Waals surface area contributed by atoms with Gasteiger partial charge < -0.3 is 10.6 Å². The summed E-state index contributed by atoms with van der Waals surface area (Å²) in [4.78, 5) is 9.70. The molecule has 3 nitrogen and oxygen atoms in total. The van der Waals surface area contributed by atoms with E-state index >= 15 is 0 Å². The standard InChI is InChI=1S/C4H9N.C3H7NO.2C2H6/c1-2-4-5-3-1;1-3(5)4-2;2*1-2/h5H,1-4H2;1-2H3,(H,4,5);2*1-2H3. The smallest absolute Gasteiger partial charge is 0.216 e. The van der Waals surface area contributed by atoms with Gasteiger partial charge in [-0.15, -0.1) is 0 Å². The minimum absolute atomic E-state index is 0.00463. The minimum Gasteiger partial charge on any atom is -0.359 e. The molecule has 0 unspecified atom stereocenters. The highest BCUT2D eigenvalue weighted by atomic mass is 16.1. The predicted molar refractivity (Wildman–Crippen MR) is 64.5 cm³/mol. The summed E-state index contributed by atoms with van der Waals surface area (Å²) in [7, 11) is 1.60. The van der Waals surface area contributed by atoms with Crippen LogP contribution in [0.3, 0.4) is 0 Å². The van der Waals surface area contributed by atoms with Crippen LogP contribution in [0.1, 0.15) is 47.5 Å². The normalized spacial score (nSPS) is 11.9. The van der Waals surface area contributed by atoms with Crippen molar-refractivity contribution in [1.82, 2.24) is 10.6 Å². The second-order valence-corrected chi connectivity index (χ2v) is 2.26. The van der Waals surface area contributed by atoms with Gasteiger partial charge in [0.05, 0.1) is 0 Å². The first kappa shape index (κ1) is 19.1. The molecule has 0 aromatic rings. The van der Waals surface area contributed by atoms with Crippen molar-refractivity contribution in [3.63, 3.8) is 0 Å². The summed E-state index contributed by atoms with van der Waals surface area (Å²) >= 11 is 0. The number of rotatable bonds is 0. The molecule has 1 aliphatic rings. The number of hydrogen-bond donors (Lipinski definition) is 2. The lowest BCUT2D eigenvalue weighted by Crippen LogP contribution is -2.11. The molecule has 3 heteroatoms. The Morgan fingerprint density at radius 1 is 1.07 bits per heavy atom. The summed E-state index contributed by atoms with van der Waals surface area (Å²) in [5.74, 6) is 0.00463. The van der Waals surface area contributed by atoms with Gasteiger partial charge in [-0.3, -0.25) is 4.79 Å². The maximum absolute atomic E-state index is 9.70. The molecule has 14 heavy (non-hydrogen) atoms. The molecular weight excluding hydrogens is 176 g/mol. The van der Waals surface area contributed by atoms with Gasteiger partial charge in [0, 0.05) is 14.0 Å². The number of carbonyl (C=O) groups excluding carboxylic acids is 1. The third-order valence-corrected chi connectivity index (χ3v) is 1.31. The Hall–Kier alpha value is -0.570. The topological polar surface area (TPSA) is 41.1 Å². The highest BCUT2D eigenvalue weighted by molar-refractivity contribution is 5.72. The Kier molecular flexibility index (Phi) is 31.1. The molecule has 1 amide bonds. The molecule has 1 fully saturated rings. The monoisotopic (exact) mass is 204 g/mol. The Balaban J connectivity index is -0.000000128. The summed E-state index contributed by atoms with van der Waals surface area (Å²) in [6, 6.07) is 0. The van der Waals surface area contributed by atoms with E-state index in [-0.39, 0.29) is 5.91 Å². The van der Waals surface area contributed by atoms with Gasteiger partial charge in [0.1, 0.15) is 0 Å². The quantitative estimate of drug-likeness (QED) is 0.635. The van der Waals surface area contributed by atoms with Crippen LogP contribution in [0.15, 0.2) is 0 Å². The molecule has 0 atom stereocenters. The molecule has 0 aliphatic carbocycles. The zero-order chi connectivity index (χ0) is 11.8. The summed E-state index contributed by atoms with van der Waals surface area (Å²) in [5.41, 5.74) is 0. The molecule has 1 rings (SSSR count). The molecule has 88 valence electrons. The number of amides is 1. The van der Waals surface area contributed by atoms with Gasteiger partial charge in [-0.05, 0) is 25.9 Å². The molecule has 0 aromatic heterocycles. The second-order valence-electron chi connectivity index (χ2n) is 2.26. The lowest BCUT2D eigenvalue weighted by molar-refractivity contribution is -0.118. The first-order valence-electron chi connectivity index (χ1n) is 5.66. The van der Waals surface area contributed by atoms with E-state index in [1.165, 1.54) is 32.9 Å². The van der Waals surface area contributed by atoms with Crippen LogP contribution < -0.4 is 10.6 Å². The Labute approximate surface area is 89.7 Å². The van der Waals surface area contributed by atoms with Crippen molar-refractivity contribution in [3.05, 3.63) is 0 Å². The zero-order valence-corrected chi connectivity index (χ0v) is 10.7. The van der Waals surface area contributed by atoms with E-state index in [0.29, 0.717) is 0 Å². The van der Waals surface area contributed by atoms with Crippen LogP contribution in [-0.4, -0.2) is 26.0 Å². The van der Waals surface area contributed by atoms with Gasteiger partial charge in [-0.2, -0.15) is 0 Å².